The van der Waals surface area contributed by atoms with E-state index >= 15 is 0 Å². The van der Waals surface area contributed by atoms with Gasteiger partial charge in [-0.3, -0.25) is 9.80 Å². The Hall–Kier alpha value is -2.94. The lowest BCUT2D eigenvalue weighted by atomic mass is 9.74. The number of ether oxygens (including phenoxy) is 2. The molecule has 0 radical (unpaired) electrons. The van der Waals surface area contributed by atoms with Gasteiger partial charge in [0, 0.05) is 64.2 Å². The summed E-state index contributed by atoms with van der Waals surface area (Å²) in [6.45, 7) is 10.3. The van der Waals surface area contributed by atoms with Crippen LogP contribution in [-0.2, 0) is 9.47 Å². The predicted octanol–water partition coefficient (Wildman–Crippen LogP) is 2.74. The molecule has 0 bridgehead atoms. The summed E-state index contributed by atoms with van der Waals surface area (Å²) in [5, 5.41) is 6.83. The summed E-state index contributed by atoms with van der Waals surface area (Å²) in [4.78, 5) is 33.0. The fourth-order valence-electron chi connectivity index (χ4n) is 7.84. The van der Waals surface area contributed by atoms with Gasteiger partial charge in [-0.25, -0.2) is 0 Å². The molecule has 46 heavy (non-hydrogen) atoms. The Morgan fingerprint density at radius 2 is 1.11 bits per heavy atom. The zero-order valence-electron chi connectivity index (χ0n) is 27.4. The average Bonchev–Trinajstić information content (AvgIpc) is 3.47. The molecular formula is C32H54N12O2. The first-order valence-corrected chi connectivity index (χ1v) is 17.7. The maximum atomic E-state index is 6.32. The highest BCUT2D eigenvalue weighted by Gasteiger charge is 2.37. The van der Waals surface area contributed by atoms with Gasteiger partial charge in [0.15, 0.2) is 0 Å². The van der Waals surface area contributed by atoms with Gasteiger partial charge in [0.05, 0.1) is 26.4 Å². The highest BCUT2D eigenvalue weighted by molar-refractivity contribution is 5.33. The number of nitrogens with one attached hydrogen (secondary N) is 2. The number of anilines is 4. The van der Waals surface area contributed by atoms with E-state index in [1.165, 1.54) is 38.5 Å². The van der Waals surface area contributed by atoms with Crippen LogP contribution < -0.4 is 22.1 Å². The lowest BCUT2D eigenvalue weighted by Crippen LogP contribution is -2.39. The SMILES string of the molecule is Nc1nc(NCCN2CCOCC2)nc(C2CCC(c3nc(N)nc(NCCN4CCOCC4)n3)C(C3CCCCCC3)CC2)n1. The summed E-state index contributed by atoms with van der Waals surface area (Å²) in [5.41, 5.74) is 12.6. The number of hydrogen-bond donors (Lipinski definition) is 4. The van der Waals surface area contributed by atoms with Crippen molar-refractivity contribution in [2.75, 3.05) is 101 Å². The Bertz CT molecular complexity index is 1220. The van der Waals surface area contributed by atoms with E-state index in [1.54, 1.807) is 0 Å². The van der Waals surface area contributed by atoms with E-state index in [1.807, 2.05) is 0 Å². The van der Waals surface area contributed by atoms with Crippen molar-refractivity contribution in [2.24, 2.45) is 11.8 Å². The van der Waals surface area contributed by atoms with Crippen molar-refractivity contribution in [3.63, 3.8) is 0 Å². The number of nitrogens with zero attached hydrogens (tertiary/aromatic N) is 8. The van der Waals surface area contributed by atoms with E-state index < -0.39 is 0 Å². The van der Waals surface area contributed by atoms with Crippen LogP contribution in [0.15, 0.2) is 0 Å². The molecule has 2 aliphatic carbocycles. The van der Waals surface area contributed by atoms with E-state index in [-0.39, 0.29) is 23.7 Å². The highest BCUT2D eigenvalue weighted by Crippen LogP contribution is 2.47. The van der Waals surface area contributed by atoms with Crippen molar-refractivity contribution in [3.8, 4) is 0 Å². The summed E-state index contributed by atoms with van der Waals surface area (Å²) in [5.74, 6) is 4.88. The molecule has 4 fully saturated rings. The molecule has 14 nitrogen and oxygen atoms in total. The number of nitrogen functional groups attached to an aromatic ring is 2. The Balaban J connectivity index is 1.15. The Labute approximate surface area is 273 Å². The Morgan fingerprint density at radius 3 is 1.70 bits per heavy atom. The molecule has 6 rings (SSSR count). The molecule has 4 heterocycles. The lowest BCUT2D eigenvalue weighted by Gasteiger charge is -2.31. The average molecular weight is 639 g/mol. The van der Waals surface area contributed by atoms with Crippen LogP contribution in [0.3, 0.4) is 0 Å². The second kappa shape index (κ2) is 16.8. The van der Waals surface area contributed by atoms with Crippen molar-refractivity contribution in [1.29, 1.82) is 0 Å². The highest BCUT2D eigenvalue weighted by atomic mass is 16.5. The maximum Gasteiger partial charge on any atom is 0.227 e. The predicted molar refractivity (Wildman–Crippen MR) is 179 cm³/mol. The largest absolute Gasteiger partial charge is 0.379 e. The van der Waals surface area contributed by atoms with Crippen LogP contribution in [0.2, 0.25) is 0 Å². The zero-order chi connectivity index (χ0) is 31.6. The first kappa shape index (κ1) is 33.0. The molecule has 2 saturated carbocycles. The van der Waals surface area contributed by atoms with Gasteiger partial charge in [-0.2, -0.15) is 29.9 Å². The van der Waals surface area contributed by atoms with Crippen molar-refractivity contribution in [3.05, 3.63) is 11.6 Å². The molecule has 2 saturated heterocycles. The summed E-state index contributed by atoms with van der Waals surface area (Å²) in [7, 11) is 0. The monoisotopic (exact) mass is 638 g/mol. The molecule has 0 aromatic carbocycles. The zero-order valence-corrected chi connectivity index (χ0v) is 27.4. The molecule has 6 N–H and O–H groups in total. The van der Waals surface area contributed by atoms with Gasteiger partial charge in [-0.15, -0.1) is 0 Å². The fraction of sp³-hybridized carbons (Fsp3) is 0.812. The minimum Gasteiger partial charge on any atom is -0.379 e. The normalized spacial score (nSPS) is 25.9. The van der Waals surface area contributed by atoms with E-state index in [0.29, 0.717) is 23.7 Å². The van der Waals surface area contributed by atoms with E-state index in [9.17, 15) is 0 Å². The fourth-order valence-corrected chi connectivity index (χ4v) is 7.84. The van der Waals surface area contributed by atoms with Crippen LogP contribution in [0, 0.1) is 11.8 Å². The molecular weight excluding hydrogens is 584 g/mol. The number of rotatable bonds is 11. The van der Waals surface area contributed by atoms with Crippen molar-refractivity contribution >= 4 is 23.8 Å². The molecule has 14 heteroatoms. The number of nitrogens with two attached hydrogens (primary N) is 2. The second-order valence-electron chi connectivity index (χ2n) is 13.4. The molecule has 4 aliphatic rings. The topological polar surface area (TPSA) is 178 Å². The van der Waals surface area contributed by atoms with Crippen molar-refractivity contribution in [1.82, 2.24) is 39.7 Å². The number of hydrogen-bond acceptors (Lipinski definition) is 14. The van der Waals surface area contributed by atoms with Crippen molar-refractivity contribution < 1.29 is 9.47 Å². The van der Waals surface area contributed by atoms with Gasteiger partial charge < -0.3 is 31.6 Å². The van der Waals surface area contributed by atoms with Gasteiger partial charge in [-0.1, -0.05) is 38.5 Å². The van der Waals surface area contributed by atoms with Crippen LogP contribution in [0.5, 0.6) is 0 Å². The third-order valence-corrected chi connectivity index (χ3v) is 10.4. The lowest BCUT2D eigenvalue weighted by molar-refractivity contribution is 0.0398. The summed E-state index contributed by atoms with van der Waals surface area (Å²) in [6, 6.07) is 0. The van der Waals surface area contributed by atoms with Gasteiger partial charge in [0.1, 0.15) is 11.6 Å². The minimum absolute atomic E-state index is 0.202. The van der Waals surface area contributed by atoms with Crippen LogP contribution >= 0.6 is 0 Å². The van der Waals surface area contributed by atoms with Crippen molar-refractivity contribution in [2.45, 2.75) is 76.0 Å². The molecule has 2 aliphatic heterocycles. The molecule has 2 aromatic heterocycles. The van der Waals surface area contributed by atoms with Gasteiger partial charge in [0.2, 0.25) is 23.8 Å². The standard InChI is InChI=1S/C32H54N12O2/c33-29-37-27(39-31(41-29)35-11-13-43-15-19-45-20-16-43)24-7-9-25(23-5-3-1-2-4-6-23)26(10-8-24)28-38-30(34)42-32(40-28)36-12-14-44-17-21-46-22-18-44/h23-26H,1-22H2,(H3,33,35,37,39,41)(H3,34,36,38,40,42). The first-order valence-electron chi connectivity index (χ1n) is 17.7. The molecule has 2 aromatic rings. The number of aromatic nitrogens is 6. The molecule has 3 atom stereocenters. The molecule has 0 amide bonds. The van der Waals surface area contributed by atoms with Crippen LogP contribution in [0.25, 0.3) is 0 Å². The third-order valence-electron chi connectivity index (χ3n) is 10.4. The Kier molecular flexibility index (Phi) is 12.0. The van der Waals surface area contributed by atoms with E-state index in [0.717, 1.165) is 116 Å². The minimum atomic E-state index is 0.202. The molecule has 0 spiro atoms. The van der Waals surface area contributed by atoms with E-state index in [4.69, 9.17) is 35.9 Å². The van der Waals surface area contributed by atoms with Gasteiger partial charge in [-0.05, 0) is 37.5 Å². The summed E-state index contributed by atoms with van der Waals surface area (Å²) < 4.78 is 11.0. The quantitative estimate of drug-likeness (QED) is 0.264. The maximum absolute atomic E-state index is 6.32. The van der Waals surface area contributed by atoms with Crippen LogP contribution in [0.4, 0.5) is 23.8 Å². The second-order valence-corrected chi connectivity index (χ2v) is 13.4. The smallest absolute Gasteiger partial charge is 0.227 e. The number of morpholine rings is 2. The van der Waals surface area contributed by atoms with Gasteiger partial charge >= 0.3 is 0 Å². The first-order chi connectivity index (χ1) is 22.6. The van der Waals surface area contributed by atoms with E-state index in [2.05, 4.69) is 35.4 Å². The van der Waals surface area contributed by atoms with Crippen LogP contribution in [0.1, 0.15) is 87.7 Å². The van der Waals surface area contributed by atoms with Crippen LogP contribution in [-0.4, -0.2) is 118 Å². The third kappa shape index (κ3) is 9.33. The summed E-state index contributed by atoms with van der Waals surface area (Å²) >= 11 is 0. The molecule has 254 valence electrons. The Morgan fingerprint density at radius 1 is 0.587 bits per heavy atom. The molecule has 3 unspecified atom stereocenters. The van der Waals surface area contributed by atoms with Gasteiger partial charge in [0.25, 0.3) is 0 Å². The summed E-state index contributed by atoms with van der Waals surface area (Å²) in [6.07, 6.45) is 11.8.